The number of amides is 1. The van der Waals surface area contributed by atoms with E-state index in [9.17, 15) is 19.8 Å². The maximum absolute atomic E-state index is 12.4. The first kappa shape index (κ1) is 16.5. The van der Waals surface area contributed by atoms with Gasteiger partial charge in [-0.25, -0.2) is 0 Å². The molecule has 0 saturated heterocycles. The molecule has 6 nitrogen and oxygen atoms in total. The highest BCUT2D eigenvalue weighted by Crippen LogP contribution is 2.68. The van der Waals surface area contributed by atoms with Gasteiger partial charge in [-0.05, 0) is 104 Å². The lowest BCUT2D eigenvalue weighted by molar-refractivity contribution is -0.174. The zero-order valence-corrected chi connectivity index (χ0v) is 19.4. The summed E-state index contributed by atoms with van der Waals surface area (Å²) in [7, 11) is 0. The normalized spacial score (nSPS) is 55.6. The molecule has 4 aliphatic carbocycles. The first-order valence-corrected chi connectivity index (χ1v) is 12.0. The van der Waals surface area contributed by atoms with Gasteiger partial charge >= 0.3 is 5.97 Å². The van der Waals surface area contributed by atoms with E-state index in [-0.39, 0.29) is 54.3 Å². The molecule has 4 fully saturated rings. The predicted molar refractivity (Wildman–Crippen MR) is 122 cm³/mol. The van der Waals surface area contributed by atoms with Crippen LogP contribution in [0.1, 0.15) is 94.4 Å². The first-order chi connectivity index (χ1) is 17.6. The molecule has 4 N–H and O–H groups in total. The first-order valence-electron chi connectivity index (χ1n) is 15.5. The zero-order chi connectivity index (χ0) is 29.6. The second-order valence-electron chi connectivity index (χ2n) is 11.2. The van der Waals surface area contributed by atoms with Crippen molar-refractivity contribution in [1.29, 1.82) is 0 Å². The van der Waals surface area contributed by atoms with Crippen LogP contribution >= 0.6 is 0 Å². The van der Waals surface area contributed by atoms with E-state index in [1.807, 2.05) is 13.8 Å². The number of nitrogens with one attached hydrogen (secondary N) is 1. The summed E-state index contributed by atoms with van der Waals surface area (Å²) in [6, 6.07) is 0. The van der Waals surface area contributed by atoms with Gasteiger partial charge < -0.3 is 20.6 Å². The summed E-state index contributed by atoms with van der Waals surface area (Å²) in [6.45, 7) is 5.30. The van der Waals surface area contributed by atoms with Crippen LogP contribution in [0.25, 0.3) is 0 Å². The van der Waals surface area contributed by atoms with Crippen molar-refractivity contribution in [3.05, 3.63) is 0 Å². The smallest absolute Gasteiger partial charge is 0.322 e. The van der Waals surface area contributed by atoms with Crippen LogP contribution in [0.2, 0.25) is 0 Å². The topological polar surface area (TPSA) is 107 Å². The highest BCUT2D eigenvalue weighted by atomic mass is 16.4. The van der Waals surface area contributed by atoms with E-state index in [4.69, 9.17) is 14.7 Å². The molecule has 4 saturated carbocycles. The zero-order valence-electron chi connectivity index (χ0n) is 26.4. The summed E-state index contributed by atoms with van der Waals surface area (Å²) < 4.78 is 59.1. The number of carboxylic acids is 1. The minimum Gasteiger partial charge on any atom is -0.480 e. The number of rotatable bonds is 6. The summed E-state index contributed by atoms with van der Waals surface area (Å²) in [5.74, 6) is -3.54. The number of aliphatic hydroxyl groups excluding tert-OH is 1. The van der Waals surface area contributed by atoms with Crippen molar-refractivity contribution in [2.24, 2.45) is 46.3 Å². The third kappa shape index (κ3) is 4.11. The van der Waals surface area contributed by atoms with E-state index < -0.39 is 61.1 Å². The molecule has 4 rings (SSSR count). The number of carboxylic acid groups (broad SMARTS) is 1. The highest BCUT2D eigenvalue weighted by Gasteiger charge is 2.62. The van der Waals surface area contributed by atoms with Gasteiger partial charge in [-0.3, -0.25) is 9.59 Å². The van der Waals surface area contributed by atoms with Crippen molar-refractivity contribution in [3.8, 4) is 0 Å². The van der Waals surface area contributed by atoms with Gasteiger partial charge in [0.15, 0.2) is 0 Å². The summed E-state index contributed by atoms with van der Waals surface area (Å²) >= 11 is 0. The monoisotopic (exact) mass is 456 g/mol. The Labute approximate surface area is 202 Å². The number of carbonyl (C=O) groups is 2. The van der Waals surface area contributed by atoms with Crippen LogP contribution in [0.5, 0.6) is 0 Å². The fourth-order valence-corrected chi connectivity index (χ4v) is 7.98. The average Bonchev–Trinajstić information content (AvgIpc) is 3.14. The number of hydrogen-bond donors (Lipinski definition) is 4. The van der Waals surface area contributed by atoms with Crippen molar-refractivity contribution >= 4 is 11.9 Å². The molecule has 0 bridgehead atoms. The Bertz CT molecular complexity index is 1010. The van der Waals surface area contributed by atoms with Gasteiger partial charge in [-0.1, -0.05) is 20.8 Å². The molecule has 0 aromatic carbocycles. The second-order valence-corrected chi connectivity index (χ2v) is 11.2. The van der Waals surface area contributed by atoms with Crippen LogP contribution in [-0.2, 0) is 9.59 Å². The van der Waals surface area contributed by atoms with Gasteiger partial charge in [-0.2, -0.15) is 0 Å². The third-order valence-corrected chi connectivity index (χ3v) is 9.59. The van der Waals surface area contributed by atoms with E-state index in [0.717, 1.165) is 19.3 Å². The fourth-order valence-electron chi connectivity index (χ4n) is 7.98. The van der Waals surface area contributed by atoms with Crippen LogP contribution < -0.4 is 5.32 Å². The molecule has 0 spiro atoms. The van der Waals surface area contributed by atoms with Gasteiger partial charge in [0.2, 0.25) is 5.91 Å². The fraction of sp³-hybridized carbons (Fsp3) is 0.923. The van der Waals surface area contributed by atoms with Gasteiger partial charge in [0.25, 0.3) is 0 Å². The lowest BCUT2D eigenvalue weighted by atomic mass is 9.43. The second kappa shape index (κ2) is 8.90. The predicted octanol–water partition coefficient (Wildman–Crippen LogP) is 3.59. The molecule has 10 atom stereocenters. The minimum absolute atomic E-state index is 0.0427. The van der Waals surface area contributed by atoms with Gasteiger partial charge in [-0.15, -0.1) is 0 Å². The Hall–Kier alpha value is -1.14. The highest BCUT2D eigenvalue weighted by molar-refractivity contribution is 5.81. The summed E-state index contributed by atoms with van der Waals surface area (Å²) in [5, 5.41) is 33.1. The van der Waals surface area contributed by atoms with Crippen LogP contribution in [0, 0.1) is 46.3 Å². The van der Waals surface area contributed by atoms with E-state index in [2.05, 4.69) is 12.2 Å². The molecule has 182 valence electrons. The lowest BCUT2D eigenvalue weighted by Gasteiger charge is -2.62. The van der Waals surface area contributed by atoms with Crippen molar-refractivity contribution in [1.82, 2.24) is 5.32 Å². The molecule has 6 heteroatoms. The number of aliphatic carboxylic acids is 1. The summed E-state index contributed by atoms with van der Waals surface area (Å²) in [5.41, 5.74) is -1.11. The van der Waals surface area contributed by atoms with Crippen LogP contribution in [0.15, 0.2) is 0 Å². The van der Waals surface area contributed by atoms with E-state index in [1.165, 1.54) is 0 Å². The standard InChI is InChI=1S/C26H43NO5/c1-15(4-7-22(30)27-14-23(31)32)18-5-6-19-24-20(9-11-26(18,19)3)25(2)10-8-17(28)12-16(25)13-21(24)29/h15-21,24,28-29H,4-14H2,1-3H3,(H,27,30)(H,31,32)/t15-,16+,17-,18-,19+,20+,21-,24+,25+,26-/m1/s1/i7D2,8D2,12D2,17D. The Morgan fingerprint density at radius 2 is 1.91 bits per heavy atom. The Balaban J connectivity index is 1.58. The molecule has 0 aromatic heterocycles. The Kier molecular flexibility index (Phi) is 4.58. The van der Waals surface area contributed by atoms with Crippen LogP contribution in [-0.4, -0.2) is 45.9 Å². The molecule has 0 aromatic rings. The van der Waals surface area contributed by atoms with Gasteiger partial charge in [0.05, 0.1) is 13.6 Å². The third-order valence-electron chi connectivity index (χ3n) is 9.59. The average molecular weight is 457 g/mol. The number of aliphatic hydroxyl groups is 2. The van der Waals surface area contributed by atoms with Crippen molar-refractivity contribution in [3.63, 3.8) is 0 Å². The SMILES string of the molecule is [2H]C([2H])(C[C@@H](C)[C@H]1CC[C@H]2[C@@H]3[C@H](O)C[C@@H]4C([2H])([2H])[C@]([2H])(O)C([2H])([2H])C[C@]4(C)[C@H]3CC[C@]12C)C(=O)NCC(=O)O. The molecule has 1 amide bonds. The number of hydrogen-bond acceptors (Lipinski definition) is 4. The van der Waals surface area contributed by atoms with Gasteiger partial charge in [0.1, 0.15) is 6.54 Å². The largest absolute Gasteiger partial charge is 0.480 e. The molecule has 32 heavy (non-hydrogen) atoms. The Morgan fingerprint density at radius 1 is 1.19 bits per heavy atom. The maximum Gasteiger partial charge on any atom is 0.322 e. The van der Waals surface area contributed by atoms with Gasteiger partial charge in [0, 0.05) is 14.6 Å². The molecular formula is C26H43NO5. The van der Waals surface area contributed by atoms with Crippen LogP contribution in [0.4, 0.5) is 0 Å². The van der Waals surface area contributed by atoms with E-state index in [1.54, 1.807) is 0 Å². The van der Waals surface area contributed by atoms with E-state index >= 15 is 0 Å². The summed E-state index contributed by atoms with van der Waals surface area (Å²) in [4.78, 5) is 23.2. The molecule has 0 radical (unpaired) electrons. The number of fused-ring (bicyclic) bond motifs is 5. The molecule has 0 heterocycles. The Morgan fingerprint density at radius 3 is 2.62 bits per heavy atom. The van der Waals surface area contributed by atoms with E-state index in [0.29, 0.717) is 6.42 Å². The molecular weight excluding hydrogens is 406 g/mol. The quantitative estimate of drug-likeness (QED) is 0.489. The van der Waals surface area contributed by atoms with Crippen molar-refractivity contribution < 1.29 is 34.5 Å². The minimum atomic E-state index is -2.93. The van der Waals surface area contributed by atoms with Crippen LogP contribution in [0.3, 0.4) is 0 Å². The van der Waals surface area contributed by atoms with Crippen molar-refractivity contribution in [2.45, 2.75) is 97.0 Å². The molecule has 0 aliphatic heterocycles. The number of carbonyl (C=O) groups excluding carboxylic acids is 1. The summed E-state index contributed by atoms with van der Waals surface area (Å²) in [6.07, 6.45) is -8.31. The molecule has 4 aliphatic rings. The molecule has 0 unspecified atom stereocenters. The maximum atomic E-state index is 12.4. The van der Waals surface area contributed by atoms with Crippen molar-refractivity contribution in [2.75, 3.05) is 6.54 Å². The lowest BCUT2D eigenvalue weighted by Crippen LogP contribution is -2.58.